The lowest BCUT2D eigenvalue weighted by Gasteiger charge is -2.03. The summed E-state index contributed by atoms with van der Waals surface area (Å²) in [6.45, 7) is 1.43. The zero-order valence-corrected chi connectivity index (χ0v) is 9.88. The highest BCUT2D eigenvalue weighted by Crippen LogP contribution is 2.12. The smallest absolute Gasteiger partial charge is 0.192 e. The van der Waals surface area contributed by atoms with Crippen molar-refractivity contribution in [1.82, 2.24) is 0 Å². The molecular formula is C9H12O4S2. The molecule has 0 atom stereocenters. The summed E-state index contributed by atoms with van der Waals surface area (Å²) in [6.07, 6.45) is 0. The summed E-state index contributed by atoms with van der Waals surface area (Å²) in [6, 6.07) is 7.57. The number of hydrogen-bond acceptors (Lipinski definition) is 4. The molecule has 0 aliphatic heterocycles. The average Bonchev–Trinajstić information content (AvgIpc) is 2.18. The van der Waals surface area contributed by atoms with E-state index in [1.807, 2.05) is 0 Å². The molecule has 0 aliphatic carbocycles. The van der Waals surface area contributed by atoms with Gasteiger partial charge in [0, 0.05) is 5.75 Å². The molecule has 0 radical (unpaired) electrons. The third-order valence-electron chi connectivity index (χ3n) is 1.88. The molecule has 1 aromatic carbocycles. The van der Waals surface area contributed by atoms with Gasteiger partial charge in [-0.3, -0.25) is 0 Å². The highest BCUT2D eigenvalue weighted by molar-refractivity contribution is 8.08. The van der Waals surface area contributed by atoms with Gasteiger partial charge in [0.15, 0.2) is 24.8 Å². The molecule has 0 spiro atoms. The van der Waals surface area contributed by atoms with Crippen molar-refractivity contribution in [2.75, 3.05) is 10.8 Å². The Labute approximate surface area is 89.8 Å². The second-order valence-corrected chi connectivity index (χ2v) is 7.79. The molecular weight excluding hydrogens is 236 g/mol. The van der Waals surface area contributed by atoms with Crippen LogP contribution in [0.5, 0.6) is 0 Å². The van der Waals surface area contributed by atoms with Crippen molar-refractivity contribution in [3.63, 3.8) is 0 Å². The molecule has 0 aliphatic rings. The Morgan fingerprint density at radius 3 is 2.00 bits per heavy atom. The number of benzene rings is 1. The lowest BCUT2D eigenvalue weighted by molar-refractivity contribution is 0.589. The Morgan fingerprint density at radius 2 is 1.53 bits per heavy atom. The molecule has 0 amide bonds. The van der Waals surface area contributed by atoms with Crippen LogP contribution in [0, 0.1) is 0 Å². The molecule has 84 valence electrons. The molecule has 0 saturated heterocycles. The van der Waals surface area contributed by atoms with Crippen LogP contribution in [0.3, 0.4) is 0 Å². The summed E-state index contributed by atoms with van der Waals surface area (Å²) in [4.78, 5) is 0.0435. The molecule has 1 rings (SSSR count). The first-order valence-electron chi connectivity index (χ1n) is 4.35. The van der Waals surface area contributed by atoms with Crippen LogP contribution < -0.4 is 0 Å². The quantitative estimate of drug-likeness (QED) is 0.792. The summed E-state index contributed by atoms with van der Waals surface area (Å²) in [7, 11) is -7.23. The van der Waals surface area contributed by atoms with Crippen molar-refractivity contribution in [2.24, 2.45) is 0 Å². The van der Waals surface area contributed by atoms with Crippen molar-refractivity contribution in [3.8, 4) is 0 Å². The van der Waals surface area contributed by atoms with Crippen LogP contribution in [0.1, 0.15) is 6.92 Å². The van der Waals surface area contributed by atoms with Gasteiger partial charge in [0.2, 0.25) is 0 Å². The van der Waals surface area contributed by atoms with E-state index in [0.29, 0.717) is 0 Å². The second kappa shape index (κ2) is 4.32. The van der Waals surface area contributed by atoms with Crippen molar-refractivity contribution in [1.29, 1.82) is 0 Å². The van der Waals surface area contributed by atoms with Crippen LogP contribution in [-0.2, 0) is 19.7 Å². The first-order chi connectivity index (χ1) is 6.87. The van der Waals surface area contributed by atoms with Gasteiger partial charge in [-0.05, 0) is 12.1 Å². The van der Waals surface area contributed by atoms with E-state index in [4.69, 9.17) is 0 Å². The second-order valence-electron chi connectivity index (χ2n) is 3.08. The molecule has 0 aromatic heterocycles. The third kappa shape index (κ3) is 3.32. The van der Waals surface area contributed by atoms with Gasteiger partial charge in [-0.2, -0.15) is 0 Å². The Hall–Kier alpha value is -0.880. The number of sulfone groups is 2. The van der Waals surface area contributed by atoms with E-state index in [2.05, 4.69) is 0 Å². The fourth-order valence-electron chi connectivity index (χ4n) is 1.02. The lowest BCUT2D eigenvalue weighted by atomic mass is 10.4. The molecule has 15 heavy (non-hydrogen) atoms. The molecule has 0 bridgehead atoms. The lowest BCUT2D eigenvalue weighted by Crippen LogP contribution is -2.18. The minimum Gasteiger partial charge on any atom is -0.228 e. The van der Waals surface area contributed by atoms with E-state index in [9.17, 15) is 16.8 Å². The van der Waals surface area contributed by atoms with Gasteiger partial charge in [-0.1, -0.05) is 25.1 Å². The maximum Gasteiger partial charge on any atom is 0.192 e. The molecule has 0 heterocycles. The molecule has 4 nitrogen and oxygen atoms in total. The third-order valence-corrected chi connectivity index (χ3v) is 6.42. The Morgan fingerprint density at radius 1 is 1.00 bits per heavy atom. The summed E-state index contributed by atoms with van der Waals surface area (Å²) in [5, 5.41) is -0.819. The monoisotopic (exact) mass is 248 g/mol. The number of hydrogen-bond donors (Lipinski definition) is 0. The van der Waals surface area contributed by atoms with Crippen LogP contribution in [-0.4, -0.2) is 27.7 Å². The van der Waals surface area contributed by atoms with Gasteiger partial charge < -0.3 is 0 Å². The maximum atomic E-state index is 11.6. The predicted octanol–water partition coefficient (Wildman–Crippen LogP) is 0.852. The fraction of sp³-hybridized carbons (Fsp3) is 0.333. The average molecular weight is 248 g/mol. The summed E-state index contributed by atoms with van der Waals surface area (Å²) in [5.41, 5.74) is 0. The van der Waals surface area contributed by atoms with Crippen molar-refractivity contribution >= 4 is 19.7 Å². The van der Waals surface area contributed by atoms with Crippen molar-refractivity contribution < 1.29 is 16.8 Å². The summed E-state index contributed by atoms with van der Waals surface area (Å²) < 4.78 is 45.7. The highest BCUT2D eigenvalue weighted by Gasteiger charge is 2.22. The molecule has 1 aromatic rings. The molecule has 0 N–H and O–H groups in total. The number of rotatable bonds is 4. The summed E-state index contributed by atoms with van der Waals surface area (Å²) >= 11 is 0. The fourth-order valence-corrected chi connectivity index (χ4v) is 4.69. The van der Waals surface area contributed by atoms with Gasteiger partial charge in [-0.15, -0.1) is 0 Å². The Balaban J connectivity index is 3.07. The van der Waals surface area contributed by atoms with Gasteiger partial charge in [0.25, 0.3) is 0 Å². The van der Waals surface area contributed by atoms with Gasteiger partial charge in [0.05, 0.1) is 4.90 Å². The molecule has 0 unspecified atom stereocenters. The predicted molar refractivity (Wildman–Crippen MR) is 58.0 cm³/mol. The van der Waals surface area contributed by atoms with Crippen LogP contribution in [0.15, 0.2) is 35.2 Å². The van der Waals surface area contributed by atoms with Crippen molar-refractivity contribution in [3.05, 3.63) is 30.3 Å². The summed E-state index contributed by atoms with van der Waals surface area (Å²) in [5.74, 6) is -0.168. The van der Waals surface area contributed by atoms with E-state index < -0.39 is 24.8 Å². The minimum atomic E-state index is -3.72. The van der Waals surface area contributed by atoms with E-state index in [1.54, 1.807) is 18.2 Å². The Bertz CT molecular complexity index is 514. The molecule has 6 heteroatoms. The van der Waals surface area contributed by atoms with Crippen LogP contribution >= 0.6 is 0 Å². The molecule has 0 saturated carbocycles. The van der Waals surface area contributed by atoms with Crippen LogP contribution in [0.25, 0.3) is 0 Å². The highest BCUT2D eigenvalue weighted by atomic mass is 32.3. The van der Waals surface area contributed by atoms with E-state index in [0.717, 1.165) is 0 Å². The van der Waals surface area contributed by atoms with Gasteiger partial charge in [0.1, 0.15) is 0 Å². The van der Waals surface area contributed by atoms with Gasteiger partial charge in [-0.25, -0.2) is 16.8 Å². The van der Waals surface area contributed by atoms with Crippen LogP contribution in [0.4, 0.5) is 0 Å². The van der Waals surface area contributed by atoms with Crippen molar-refractivity contribution in [2.45, 2.75) is 11.8 Å². The normalized spacial score (nSPS) is 12.6. The topological polar surface area (TPSA) is 68.3 Å². The maximum absolute atomic E-state index is 11.6. The van der Waals surface area contributed by atoms with Crippen LogP contribution in [0.2, 0.25) is 0 Å². The standard InChI is InChI=1S/C9H12O4S2/c1-2-14(10,11)8-15(12,13)9-6-4-3-5-7-9/h3-7H,2,8H2,1H3. The van der Waals surface area contributed by atoms with E-state index in [-0.39, 0.29) is 10.6 Å². The first-order valence-corrected chi connectivity index (χ1v) is 7.83. The molecule has 0 fully saturated rings. The Kier molecular flexibility index (Phi) is 3.51. The van der Waals surface area contributed by atoms with E-state index >= 15 is 0 Å². The minimum absolute atomic E-state index is 0.0435. The van der Waals surface area contributed by atoms with Gasteiger partial charge >= 0.3 is 0 Å². The first kappa shape index (κ1) is 12.2. The zero-order chi connectivity index (χ0) is 11.5. The van der Waals surface area contributed by atoms with E-state index in [1.165, 1.54) is 19.1 Å². The SMILES string of the molecule is CCS(=O)(=O)CS(=O)(=O)c1ccccc1. The zero-order valence-electron chi connectivity index (χ0n) is 8.25. The largest absolute Gasteiger partial charge is 0.228 e.